The molecule has 2 aromatic heterocycles. The number of methoxy groups -OCH3 is 1. The Kier molecular flexibility index (Phi) is 6.96. The number of halogens is 5. The number of nitrogens with one attached hydrogen (secondary N) is 1. The first-order valence-electron chi connectivity index (χ1n) is 9.63. The van der Waals surface area contributed by atoms with E-state index in [1.54, 1.807) is 0 Å². The average molecular weight is 521 g/mol. The number of H-pyrrole nitrogens is 1. The van der Waals surface area contributed by atoms with E-state index in [-0.39, 0.29) is 37.6 Å². The normalized spacial score (nSPS) is 12.4. The molecule has 35 heavy (non-hydrogen) atoms. The summed E-state index contributed by atoms with van der Waals surface area (Å²) < 4.78 is 70.1. The highest BCUT2D eigenvalue weighted by molar-refractivity contribution is 6.32. The number of alkyl halides is 3. The highest BCUT2D eigenvalue weighted by Gasteiger charge is 2.35. The maximum atomic E-state index is 14.7. The zero-order chi connectivity index (χ0) is 26.2. The molecule has 1 N–H and O–H groups in total. The van der Waals surface area contributed by atoms with Crippen molar-refractivity contribution in [2.75, 3.05) is 7.11 Å². The van der Waals surface area contributed by atoms with Crippen LogP contribution >= 0.6 is 11.6 Å². The summed E-state index contributed by atoms with van der Waals surface area (Å²) in [7, 11) is 1.94. The van der Waals surface area contributed by atoms with Crippen molar-refractivity contribution in [1.82, 2.24) is 19.3 Å². The van der Waals surface area contributed by atoms with Crippen molar-refractivity contribution in [3.05, 3.63) is 61.3 Å². The lowest BCUT2D eigenvalue weighted by Crippen LogP contribution is -2.41. The van der Waals surface area contributed by atoms with Gasteiger partial charge >= 0.3 is 17.8 Å². The minimum atomic E-state index is -4.99. The molecule has 0 fully saturated rings. The number of aromatic amines is 1. The minimum Gasteiger partial charge on any atom is -0.466 e. The zero-order valence-electron chi connectivity index (χ0n) is 18.5. The molecule has 1 unspecified atom stereocenters. The van der Waals surface area contributed by atoms with Gasteiger partial charge in [-0.15, -0.1) is 5.10 Å². The van der Waals surface area contributed by atoms with E-state index >= 15 is 0 Å². The molecule has 3 aromatic rings. The van der Waals surface area contributed by atoms with Crippen LogP contribution in [0.5, 0.6) is 17.4 Å². The maximum Gasteiger partial charge on any atom is 0.431 e. The van der Waals surface area contributed by atoms with Crippen LogP contribution in [0.2, 0.25) is 5.02 Å². The molecule has 1 aromatic carbocycles. The SMILES string of the molecule is COC(=O)C(C)Oc1n[nH]c(C)c1Oc1cc(-n2c(=O)cc(C(F)(F)F)n(C)c2=O)c(F)cc1Cl. The minimum absolute atomic E-state index is 0.0760. The van der Waals surface area contributed by atoms with E-state index in [1.807, 2.05) is 0 Å². The molecule has 1 atom stereocenters. The lowest BCUT2D eigenvalue weighted by molar-refractivity contribution is -0.148. The van der Waals surface area contributed by atoms with Crippen LogP contribution in [0.15, 0.2) is 27.8 Å². The van der Waals surface area contributed by atoms with Gasteiger partial charge in [0.05, 0.1) is 23.5 Å². The average Bonchev–Trinajstić information content (AvgIpc) is 3.11. The maximum absolute atomic E-state index is 14.7. The van der Waals surface area contributed by atoms with Gasteiger partial charge in [0.2, 0.25) is 5.75 Å². The summed E-state index contributed by atoms with van der Waals surface area (Å²) in [6.45, 7) is 2.90. The second-order valence-electron chi connectivity index (χ2n) is 7.14. The van der Waals surface area contributed by atoms with Gasteiger partial charge in [-0.05, 0) is 19.9 Å². The molecule has 0 saturated heterocycles. The topological polar surface area (TPSA) is 117 Å². The largest absolute Gasteiger partial charge is 0.466 e. The summed E-state index contributed by atoms with van der Waals surface area (Å²) in [6.07, 6.45) is -6.08. The Morgan fingerprint density at radius 3 is 2.49 bits per heavy atom. The van der Waals surface area contributed by atoms with E-state index in [0.717, 1.165) is 20.2 Å². The molecule has 0 amide bonds. The van der Waals surface area contributed by atoms with E-state index in [2.05, 4.69) is 14.9 Å². The molecule has 0 saturated carbocycles. The number of esters is 1. The Labute approximate surface area is 198 Å². The van der Waals surface area contributed by atoms with Crippen LogP contribution in [0.3, 0.4) is 0 Å². The predicted molar refractivity (Wildman–Crippen MR) is 113 cm³/mol. The number of rotatable bonds is 6. The van der Waals surface area contributed by atoms with E-state index in [4.69, 9.17) is 21.1 Å². The van der Waals surface area contributed by atoms with Crippen molar-refractivity contribution in [3.63, 3.8) is 0 Å². The highest BCUT2D eigenvalue weighted by atomic mass is 35.5. The van der Waals surface area contributed by atoms with E-state index < -0.39 is 46.7 Å². The van der Waals surface area contributed by atoms with Crippen LogP contribution in [0.1, 0.15) is 18.3 Å². The van der Waals surface area contributed by atoms with Crippen LogP contribution < -0.4 is 20.7 Å². The number of aromatic nitrogens is 4. The Bertz CT molecular complexity index is 1410. The van der Waals surface area contributed by atoms with Gasteiger partial charge in [-0.2, -0.15) is 13.2 Å². The molecule has 0 radical (unpaired) electrons. The molecular weight excluding hydrogens is 504 g/mol. The number of nitrogens with zero attached hydrogens (tertiary/aromatic N) is 3. The summed E-state index contributed by atoms with van der Waals surface area (Å²) in [5.74, 6) is -2.45. The van der Waals surface area contributed by atoms with Gasteiger partial charge in [0, 0.05) is 19.2 Å². The monoisotopic (exact) mass is 520 g/mol. The van der Waals surface area contributed by atoms with Gasteiger partial charge in [-0.1, -0.05) is 11.6 Å². The lowest BCUT2D eigenvalue weighted by Gasteiger charge is -2.16. The second kappa shape index (κ2) is 9.44. The van der Waals surface area contributed by atoms with E-state index in [1.165, 1.54) is 13.8 Å². The Morgan fingerprint density at radius 2 is 1.89 bits per heavy atom. The highest BCUT2D eigenvalue weighted by Crippen LogP contribution is 2.38. The fourth-order valence-electron chi connectivity index (χ4n) is 2.98. The standard InChI is InChI=1S/C20H17ClF4N4O6/c1-8-16(17(27-26-8)34-9(2)18(31)33-4)35-13-6-12(11(22)5-10(13)21)29-15(30)7-14(20(23,24)25)28(3)19(29)32/h5-7,9H,1-4H3,(H,26,27). The van der Waals surface area contributed by atoms with E-state index in [0.29, 0.717) is 11.8 Å². The molecular formula is C20H17ClF4N4O6. The van der Waals surface area contributed by atoms with Crippen molar-refractivity contribution < 1.29 is 36.6 Å². The Balaban J connectivity index is 2.10. The van der Waals surface area contributed by atoms with Crippen molar-refractivity contribution in [1.29, 1.82) is 0 Å². The number of carbonyl (C=O) groups excluding carboxylic acids is 1. The van der Waals surface area contributed by atoms with Crippen LogP contribution in [0.4, 0.5) is 17.6 Å². The van der Waals surface area contributed by atoms with Gasteiger partial charge in [0.15, 0.2) is 6.10 Å². The lowest BCUT2D eigenvalue weighted by atomic mass is 10.2. The summed E-state index contributed by atoms with van der Waals surface area (Å²) in [4.78, 5) is 36.6. The molecule has 0 aliphatic rings. The fourth-order valence-corrected chi connectivity index (χ4v) is 3.16. The predicted octanol–water partition coefficient (Wildman–Crippen LogP) is 3.11. The Morgan fingerprint density at radius 1 is 1.23 bits per heavy atom. The Hall–Kier alpha value is -3.81. The number of hydrogen-bond donors (Lipinski definition) is 1. The number of hydrogen-bond acceptors (Lipinski definition) is 7. The molecule has 3 rings (SSSR count). The third kappa shape index (κ3) is 5.01. The molecule has 0 spiro atoms. The number of benzene rings is 1. The van der Waals surface area contributed by atoms with Gasteiger partial charge < -0.3 is 14.2 Å². The van der Waals surface area contributed by atoms with Crippen molar-refractivity contribution in [3.8, 4) is 23.1 Å². The van der Waals surface area contributed by atoms with Crippen LogP contribution in [0, 0.1) is 12.7 Å². The zero-order valence-corrected chi connectivity index (χ0v) is 19.2. The molecule has 0 aliphatic carbocycles. The summed E-state index contributed by atoms with van der Waals surface area (Å²) in [6, 6.07) is 1.73. The first-order chi connectivity index (χ1) is 16.3. The van der Waals surface area contributed by atoms with Gasteiger partial charge in [-0.25, -0.2) is 18.5 Å². The van der Waals surface area contributed by atoms with Gasteiger partial charge in [0.1, 0.15) is 17.3 Å². The molecule has 10 nitrogen and oxygen atoms in total. The second-order valence-corrected chi connectivity index (χ2v) is 7.55. The van der Waals surface area contributed by atoms with E-state index in [9.17, 15) is 31.9 Å². The third-order valence-electron chi connectivity index (χ3n) is 4.75. The fraction of sp³-hybridized carbons (Fsp3) is 0.300. The first-order valence-corrected chi connectivity index (χ1v) is 10.0. The molecule has 188 valence electrons. The summed E-state index contributed by atoms with van der Waals surface area (Å²) >= 11 is 6.06. The first kappa shape index (κ1) is 25.8. The van der Waals surface area contributed by atoms with Crippen LogP contribution in [-0.4, -0.2) is 38.5 Å². The molecule has 0 aliphatic heterocycles. The molecule has 0 bridgehead atoms. The molecule has 2 heterocycles. The van der Waals surface area contributed by atoms with Crippen molar-refractivity contribution >= 4 is 17.6 Å². The molecule has 15 heteroatoms. The van der Waals surface area contributed by atoms with Gasteiger partial charge in [0.25, 0.3) is 11.4 Å². The van der Waals surface area contributed by atoms with Crippen LogP contribution in [-0.2, 0) is 22.8 Å². The summed E-state index contributed by atoms with van der Waals surface area (Å²) in [5, 5.41) is 6.11. The van der Waals surface area contributed by atoms with Crippen LogP contribution in [0.25, 0.3) is 5.69 Å². The smallest absolute Gasteiger partial charge is 0.431 e. The number of carbonyl (C=O) groups is 1. The van der Waals surface area contributed by atoms with Crippen molar-refractivity contribution in [2.45, 2.75) is 26.1 Å². The third-order valence-corrected chi connectivity index (χ3v) is 5.04. The van der Waals surface area contributed by atoms with Gasteiger partial charge in [-0.3, -0.25) is 14.5 Å². The number of ether oxygens (including phenoxy) is 3. The summed E-state index contributed by atoms with van der Waals surface area (Å²) in [5.41, 5.74) is -4.81. The van der Waals surface area contributed by atoms with Crippen molar-refractivity contribution in [2.24, 2.45) is 7.05 Å². The quantitative estimate of drug-likeness (QED) is 0.392. The number of aryl methyl sites for hydroxylation is 1.